The fourth-order valence-corrected chi connectivity index (χ4v) is 2.18. The monoisotopic (exact) mass is 276 g/mol. The fraction of sp³-hybridized carbons (Fsp3) is 0.429. The van der Waals surface area contributed by atoms with Crippen LogP contribution in [-0.4, -0.2) is 19.6 Å². The molecule has 5 heteroatoms. The first-order valence-corrected chi connectivity index (χ1v) is 6.53. The highest BCUT2D eigenvalue weighted by atomic mass is 35.5. The van der Waals surface area contributed by atoms with Gasteiger partial charge in [-0.3, -0.25) is 0 Å². The SMILES string of the molecule is CCNC(C)c1ccc(N(CC#N)CC#N)c(Cl)c1. The molecule has 1 N–H and O–H groups in total. The van der Waals surface area contributed by atoms with Gasteiger partial charge >= 0.3 is 0 Å². The maximum atomic E-state index is 8.77. The third-order valence-electron chi connectivity index (χ3n) is 2.85. The van der Waals surface area contributed by atoms with Crippen LogP contribution in [0.2, 0.25) is 5.02 Å². The normalized spacial score (nSPS) is 11.4. The zero-order chi connectivity index (χ0) is 14.3. The Bertz CT molecular complexity index is 485. The lowest BCUT2D eigenvalue weighted by molar-refractivity contribution is 0.598. The van der Waals surface area contributed by atoms with Crippen molar-refractivity contribution in [2.45, 2.75) is 19.9 Å². The maximum absolute atomic E-state index is 8.77. The summed E-state index contributed by atoms with van der Waals surface area (Å²) in [6, 6.07) is 10.0. The molecule has 1 unspecified atom stereocenters. The number of benzene rings is 1. The molecular formula is C14H17ClN4. The Morgan fingerprint density at radius 1 is 1.32 bits per heavy atom. The number of hydrogen-bond donors (Lipinski definition) is 1. The molecule has 0 bridgehead atoms. The van der Waals surface area contributed by atoms with Crippen molar-refractivity contribution in [3.05, 3.63) is 28.8 Å². The van der Waals surface area contributed by atoms with E-state index in [0.717, 1.165) is 17.8 Å². The Morgan fingerprint density at radius 2 is 1.95 bits per heavy atom. The molecular weight excluding hydrogens is 260 g/mol. The van der Waals surface area contributed by atoms with E-state index < -0.39 is 0 Å². The van der Waals surface area contributed by atoms with E-state index in [1.807, 2.05) is 37.3 Å². The Labute approximate surface area is 119 Å². The summed E-state index contributed by atoms with van der Waals surface area (Å²) in [6.45, 7) is 5.30. The van der Waals surface area contributed by atoms with Crippen LogP contribution in [-0.2, 0) is 0 Å². The summed E-state index contributed by atoms with van der Waals surface area (Å²) in [6.07, 6.45) is 0. The molecule has 0 saturated heterocycles. The number of nitriles is 2. The Kier molecular flexibility index (Phi) is 6.15. The standard InChI is InChI=1S/C14H17ClN4/c1-3-18-11(2)12-4-5-14(13(15)10-12)19(8-6-16)9-7-17/h4-5,10-11,18H,3,8-9H2,1-2H3. The number of anilines is 1. The number of nitrogens with one attached hydrogen (secondary N) is 1. The number of nitrogens with zero attached hydrogens (tertiary/aromatic N) is 3. The molecule has 0 aliphatic heterocycles. The van der Waals surface area contributed by atoms with Crippen molar-refractivity contribution in [1.82, 2.24) is 5.32 Å². The molecule has 1 atom stereocenters. The van der Waals surface area contributed by atoms with Gasteiger partial charge in [-0.15, -0.1) is 0 Å². The largest absolute Gasteiger partial charge is 0.344 e. The highest BCUT2D eigenvalue weighted by Gasteiger charge is 2.12. The molecule has 4 nitrogen and oxygen atoms in total. The first-order valence-electron chi connectivity index (χ1n) is 6.15. The van der Waals surface area contributed by atoms with Crippen molar-refractivity contribution in [2.75, 3.05) is 24.5 Å². The highest BCUT2D eigenvalue weighted by Crippen LogP contribution is 2.28. The Morgan fingerprint density at radius 3 is 2.42 bits per heavy atom. The van der Waals surface area contributed by atoms with E-state index in [1.54, 1.807) is 4.90 Å². The van der Waals surface area contributed by atoms with Crippen molar-refractivity contribution in [1.29, 1.82) is 10.5 Å². The Balaban J connectivity index is 2.99. The minimum Gasteiger partial charge on any atom is -0.344 e. The van der Waals surface area contributed by atoms with Gasteiger partial charge < -0.3 is 10.2 Å². The maximum Gasteiger partial charge on any atom is 0.107 e. The highest BCUT2D eigenvalue weighted by molar-refractivity contribution is 6.33. The summed E-state index contributed by atoms with van der Waals surface area (Å²) in [4.78, 5) is 1.66. The van der Waals surface area contributed by atoms with Crippen LogP contribution in [0.4, 0.5) is 5.69 Å². The molecule has 0 spiro atoms. The molecule has 0 heterocycles. The first kappa shape index (κ1) is 15.3. The molecule has 0 saturated carbocycles. The van der Waals surface area contributed by atoms with Gasteiger partial charge in [-0.2, -0.15) is 10.5 Å². The smallest absolute Gasteiger partial charge is 0.107 e. The van der Waals surface area contributed by atoms with Gasteiger partial charge in [0, 0.05) is 6.04 Å². The van der Waals surface area contributed by atoms with Crippen molar-refractivity contribution in [3.8, 4) is 12.1 Å². The molecule has 0 aromatic heterocycles. The van der Waals surface area contributed by atoms with E-state index in [2.05, 4.69) is 12.2 Å². The quantitative estimate of drug-likeness (QED) is 0.812. The molecule has 19 heavy (non-hydrogen) atoms. The van der Waals surface area contributed by atoms with Gasteiger partial charge in [-0.05, 0) is 31.2 Å². The number of halogens is 1. The molecule has 1 aromatic carbocycles. The molecule has 0 radical (unpaired) electrons. The topological polar surface area (TPSA) is 62.9 Å². The summed E-state index contributed by atoms with van der Waals surface area (Å²) in [5.41, 5.74) is 1.81. The van der Waals surface area contributed by atoms with Crippen molar-refractivity contribution < 1.29 is 0 Å². The van der Waals surface area contributed by atoms with Crippen LogP contribution >= 0.6 is 11.6 Å². The first-order chi connectivity index (χ1) is 9.13. The molecule has 1 rings (SSSR count). The van der Waals surface area contributed by atoms with E-state index >= 15 is 0 Å². The average Bonchev–Trinajstić information content (AvgIpc) is 2.39. The van der Waals surface area contributed by atoms with E-state index in [4.69, 9.17) is 22.1 Å². The molecule has 100 valence electrons. The van der Waals surface area contributed by atoms with Crippen molar-refractivity contribution >= 4 is 17.3 Å². The van der Waals surface area contributed by atoms with Crippen molar-refractivity contribution in [3.63, 3.8) is 0 Å². The second-order valence-electron chi connectivity index (χ2n) is 4.16. The zero-order valence-corrected chi connectivity index (χ0v) is 11.9. The predicted molar refractivity (Wildman–Crippen MR) is 77.0 cm³/mol. The molecule has 0 amide bonds. The summed E-state index contributed by atoms with van der Waals surface area (Å²) in [5, 5.41) is 21.4. The molecule has 1 aromatic rings. The van der Waals surface area contributed by atoms with E-state index in [-0.39, 0.29) is 19.1 Å². The van der Waals surface area contributed by atoms with Crippen LogP contribution in [0.1, 0.15) is 25.5 Å². The minimum atomic E-state index is 0.148. The zero-order valence-electron chi connectivity index (χ0n) is 11.2. The average molecular weight is 277 g/mol. The predicted octanol–water partition coefficient (Wildman–Crippen LogP) is 2.86. The summed E-state index contributed by atoms with van der Waals surface area (Å²) < 4.78 is 0. The van der Waals surface area contributed by atoms with Gasteiger partial charge in [0.2, 0.25) is 0 Å². The summed E-state index contributed by atoms with van der Waals surface area (Å²) >= 11 is 6.25. The van der Waals surface area contributed by atoms with Gasteiger partial charge in [-0.1, -0.05) is 24.6 Å². The van der Waals surface area contributed by atoms with Crippen LogP contribution in [0, 0.1) is 22.7 Å². The molecule has 0 fully saturated rings. The Hall–Kier alpha value is -1.75. The fourth-order valence-electron chi connectivity index (χ4n) is 1.87. The lowest BCUT2D eigenvalue weighted by atomic mass is 10.1. The molecule has 0 aliphatic carbocycles. The summed E-state index contributed by atoms with van der Waals surface area (Å²) in [7, 11) is 0. The van der Waals surface area contributed by atoms with Gasteiger partial charge in [0.05, 0.1) is 22.8 Å². The second kappa shape index (κ2) is 7.63. The number of hydrogen-bond acceptors (Lipinski definition) is 4. The summed E-state index contributed by atoms with van der Waals surface area (Å²) in [5.74, 6) is 0. The van der Waals surface area contributed by atoms with Gasteiger partial charge in [0.25, 0.3) is 0 Å². The van der Waals surface area contributed by atoms with Crippen LogP contribution in [0.5, 0.6) is 0 Å². The van der Waals surface area contributed by atoms with Crippen LogP contribution in [0.25, 0.3) is 0 Å². The van der Waals surface area contributed by atoms with E-state index in [9.17, 15) is 0 Å². The van der Waals surface area contributed by atoms with Crippen LogP contribution in [0.15, 0.2) is 18.2 Å². The van der Waals surface area contributed by atoms with Crippen molar-refractivity contribution in [2.24, 2.45) is 0 Å². The second-order valence-corrected chi connectivity index (χ2v) is 4.57. The minimum absolute atomic E-state index is 0.148. The lowest BCUT2D eigenvalue weighted by Gasteiger charge is -2.21. The number of rotatable bonds is 6. The van der Waals surface area contributed by atoms with Gasteiger partial charge in [0.1, 0.15) is 13.1 Å². The van der Waals surface area contributed by atoms with E-state index in [0.29, 0.717) is 5.02 Å². The molecule has 0 aliphatic rings. The van der Waals surface area contributed by atoms with Gasteiger partial charge in [0.15, 0.2) is 0 Å². The third kappa shape index (κ3) is 4.13. The van der Waals surface area contributed by atoms with Gasteiger partial charge in [-0.25, -0.2) is 0 Å². The van der Waals surface area contributed by atoms with Crippen LogP contribution in [0.3, 0.4) is 0 Å². The van der Waals surface area contributed by atoms with Crippen LogP contribution < -0.4 is 10.2 Å². The third-order valence-corrected chi connectivity index (χ3v) is 3.15. The van der Waals surface area contributed by atoms with E-state index in [1.165, 1.54) is 0 Å². The lowest BCUT2D eigenvalue weighted by Crippen LogP contribution is -2.24.